The van der Waals surface area contributed by atoms with Gasteiger partial charge in [-0.1, -0.05) is 19.1 Å². The first-order chi connectivity index (χ1) is 9.10. The Bertz CT molecular complexity index is 427. The summed E-state index contributed by atoms with van der Waals surface area (Å²) in [5, 5.41) is 0. The van der Waals surface area contributed by atoms with Gasteiger partial charge in [0.05, 0.1) is 6.10 Å². The predicted molar refractivity (Wildman–Crippen MR) is 76.5 cm³/mol. The predicted octanol–water partition coefficient (Wildman–Crippen LogP) is 4.63. The summed E-state index contributed by atoms with van der Waals surface area (Å²) in [7, 11) is 0. The molecular weight excluding hydrogens is 243 g/mol. The van der Waals surface area contributed by atoms with Crippen LogP contribution in [0.4, 0.5) is 4.39 Å². The Morgan fingerprint density at radius 2 is 2.05 bits per heavy atom. The third kappa shape index (κ3) is 4.77. The monoisotopic (exact) mass is 266 g/mol. The molecule has 1 aromatic carbocycles. The Labute approximate surface area is 115 Å². The molecule has 0 spiro atoms. The highest BCUT2D eigenvalue weighted by Gasteiger charge is 2.12. The van der Waals surface area contributed by atoms with Gasteiger partial charge in [-0.3, -0.25) is 0 Å². The van der Waals surface area contributed by atoms with E-state index in [0.29, 0.717) is 12.2 Å². The fraction of sp³-hybridized carbons (Fsp3) is 0.500. The Morgan fingerprint density at radius 3 is 2.68 bits per heavy atom. The second-order valence-electron chi connectivity index (χ2n) is 4.46. The van der Waals surface area contributed by atoms with Crippen LogP contribution in [0, 0.1) is 12.7 Å². The minimum absolute atomic E-state index is 0.196. The van der Waals surface area contributed by atoms with Crippen molar-refractivity contribution in [1.82, 2.24) is 0 Å². The van der Waals surface area contributed by atoms with Gasteiger partial charge in [-0.15, -0.1) is 0 Å². The van der Waals surface area contributed by atoms with Gasteiger partial charge in [0, 0.05) is 6.61 Å². The number of benzene rings is 1. The van der Waals surface area contributed by atoms with Gasteiger partial charge in [0.1, 0.15) is 12.6 Å². The molecule has 3 heteroatoms. The van der Waals surface area contributed by atoms with Gasteiger partial charge in [0.25, 0.3) is 0 Å². The van der Waals surface area contributed by atoms with E-state index < -0.39 is 0 Å². The number of halogens is 1. The minimum atomic E-state index is -0.199. The van der Waals surface area contributed by atoms with E-state index in [2.05, 4.69) is 13.0 Å². The number of hydrogen-bond acceptors (Lipinski definition) is 2. The molecule has 0 heterocycles. The SMILES string of the molecule is CC/C=C/c1cc(C)c(F)cc1C(C)OCOCC. The second-order valence-corrected chi connectivity index (χ2v) is 4.46. The van der Waals surface area contributed by atoms with Gasteiger partial charge in [-0.25, -0.2) is 4.39 Å². The number of hydrogen-bond donors (Lipinski definition) is 0. The van der Waals surface area contributed by atoms with Crippen molar-refractivity contribution in [1.29, 1.82) is 0 Å². The molecule has 0 aromatic heterocycles. The van der Waals surface area contributed by atoms with Crippen LogP contribution in [0.5, 0.6) is 0 Å². The first-order valence-corrected chi connectivity index (χ1v) is 6.76. The van der Waals surface area contributed by atoms with Crippen LogP contribution < -0.4 is 0 Å². The van der Waals surface area contributed by atoms with Crippen molar-refractivity contribution >= 4 is 6.08 Å². The Balaban J connectivity index is 2.95. The molecule has 0 aliphatic rings. The van der Waals surface area contributed by atoms with Gasteiger partial charge >= 0.3 is 0 Å². The zero-order chi connectivity index (χ0) is 14.3. The van der Waals surface area contributed by atoms with E-state index in [1.807, 2.05) is 26.0 Å². The summed E-state index contributed by atoms with van der Waals surface area (Å²) < 4.78 is 24.4. The van der Waals surface area contributed by atoms with Crippen LogP contribution in [0.3, 0.4) is 0 Å². The van der Waals surface area contributed by atoms with Crippen molar-refractivity contribution < 1.29 is 13.9 Å². The maximum atomic E-state index is 13.7. The molecule has 0 bridgehead atoms. The van der Waals surface area contributed by atoms with E-state index in [1.165, 1.54) is 0 Å². The molecule has 0 N–H and O–H groups in total. The molecule has 106 valence electrons. The van der Waals surface area contributed by atoms with Gasteiger partial charge < -0.3 is 9.47 Å². The number of ether oxygens (including phenoxy) is 2. The third-order valence-corrected chi connectivity index (χ3v) is 2.94. The molecule has 0 aliphatic carbocycles. The summed E-state index contributed by atoms with van der Waals surface area (Å²) in [5.74, 6) is -0.199. The molecule has 0 radical (unpaired) electrons. The highest BCUT2D eigenvalue weighted by molar-refractivity contribution is 5.56. The lowest BCUT2D eigenvalue weighted by molar-refractivity contribution is -0.0819. The van der Waals surface area contributed by atoms with Gasteiger partial charge in [-0.05, 0) is 56.0 Å². The molecule has 0 amide bonds. The van der Waals surface area contributed by atoms with Crippen molar-refractivity contribution in [2.75, 3.05) is 13.4 Å². The van der Waals surface area contributed by atoms with Crippen LogP contribution >= 0.6 is 0 Å². The molecule has 2 nitrogen and oxygen atoms in total. The normalized spacial score (nSPS) is 13.1. The van der Waals surface area contributed by atoms with Crippen molar-refractivity contribution in [3.63, 3.8) is 0 Å². The van der Waals surface area contributed by atoms with Crippen molar-refractivity contribution in [2.24, 2.45) is 0 Å². The Morgan fingerprint density at radius 1 is 1.32 bits per heavy atom. The molecule has 19 heavy (non-hydrogen) atoms. The van der Waals surface area contributed by atoms with Crippen molar-refractivity contribution in [3.8, 4) is 0 Å². The Hall–Kier alpha value is -1.19. The molecule has 0 fully saturated rings. The summed E-state index contributed by atoms with van der Waals surface area (Å²) >= 11 is 0. The number of aryl methyl sites for hydroxylation is 1. The zero-order valence-corrected chi connectivity index (χ0v) is 12.2. The van der Waals surface area contributed by atoms with E-state index >= 15 is 0 Å². The van der Waals surface area contributed by atoms with E-state index in [0.717, 1.165) is 17.5 Å². The van der Waals surface area contributed by atoms with Crippen molar-refractivity contribution in [3.05, 3.63) is 40.7 Å². The second kappa shape index (κ2) is 8.08. The molecule has 1 atom stereocenters. The highest BCUT2D eigenvalue weighted by Crippen LogP contribution is 2.25. The highest BCUT2D eigenvalue weighted by atomic mass is 19.1. The summed E-state index contributed by atoms with van der Waals surface area (Å²) in [6, 6.07) is 3.42. The van der Waals surface area contributed by atoms with E-state index in [9.17, 15) is 4.39 Å². The molecule has 0 aliphatic heterocycles. The quantitative estimate of drug-likeness (QED) is 0.529. The fourth-order valence-corrected chi connectivity index (χ4v) is 1.78. The van der Waals surface area contributed by atoms with Crippen molar-refractivity contribution in [2.45, 2.75) is 40.2 Å². The van der Waals surface area contributed by atoms with Gasteiger partial charge in [0.15, 0.2) is 0 Å². The first kappa shape index (κ1) is 15.9. The molecule has 0 saturated carbocycles. The topological polar surface area (TPSA) is 18.5 Å². The molecule has 1 rings (SSSR count). The third-order valence-electron chi connectivity index (χ3n) is 2.94. The summed E-state index contributed by atoms with van der Waals surface area (Å²) in [4.78, 5) is 0. The average molecular weight is 266 g/mol. The fourth-order valence-electron chi connectivity index (χ4n) is 1.78. The zero-order valence-electron chi connectivity index (χ0n) is 12.2. The van der Waals surface area contributed by atoms with E-state index in [1.54, 1.807) is 13.0 Å². The standard InChI is InChI=1S/C16H23FO2/c1-5-7-8-14-9-12(3)16(17)10-15(14)13(4)19-11-18-6-2/h7-10,13H,5-6,11H2,1-4H3/b8-7+. The van der Waals surface area contributed by atoms with Crippen LogP contribution in [0.25, 0.3) is 6.08 Å². The summed E-state index contributed by atoms with van der Waals surface area (Å²) in [6.45, 7) is 8.50. The maximum Gasteiger partial charge on any atom is 0.147 e. The van der Waals surface area contributed by atoms with Crippen LogP contribution in [0.15, 0.2) is 18.2 Å². The van der Waals surface area contributed by atoms with Crippen LogP contribution in [0.2, 0.25) is 0 Å². The van der Waals surface area contributed by atoms with Crippen LogP contribution in [-0.4, -0.2) is 13.4 Å². The molecular formula is C16H23FO2. The largest absolute Gasteiger partial charge is 0.356 e. The summed E-state index contributed by atoms with van der Waals surface area (Å²) in [5.41, 5.74) is 2.51. The number of rotatable bonds is 7. The minimum Gasteiger partial charge on any atom is -0.356 e. The summed E-state index contributed by atoms with van der Waals surface area (Å²) in [6.07, 6.45) is 4.83. The van der Waals surface area contributed by atoms with Crippen LogP contribution in [-0.2, 0) is 9.47 Å². The van der Waals surface area contributed by atoms with E-state index in [-0.39, 0.29) is 18.7 Å². The lowest BCUT2D eigenvalue weighted by Gasteiger charge is -2.17. The van der Waals surface area contributed by atoms with E-state index in [4.69, 9.17) is 9.47 Å². The average Bonchev–Trinajstić information content (AvgIpc) is 2.39. The first-order valence-electron chi connectivity index (χ1n) is 6.76. The lowest BCUT2D eigenvalue weighted by atomic mass is 9.99. The number of allylic oxidation sites excluding steroid dienone is 1. The van der Waals surface area contributed by atoms with Crippen LogP contribution in [0.1, 0.15) is 50.0 Å². The molecule has 1 aromatic rings. The molecule has 0 saturated heterocycles. The Kier molecular flexibility index (Phi) is 6.74. The smallest absolute Gasteiger partial charge is 0.147 e. The van der Waals surface area contributed by atoms with Gasteiger partial charge in [0.2, 0.25) is 0 Å². The molecule has 1 unspecified atom stereocenters. The van der Waals surface area contributed by atoms with Gasteiger partial charge in [-0.2, -0.15) is 0 Å². The maximum absolute atomic E-state index is 13.7. The lowest BCUT2D eigenvalue weighted by Crippen LogP contribution is -2.07.